The molecule has 0 aliphatic carbocycles. The molecule has 0 aromatic heterocycles. The Hall–Kier alpha value is -3.80. The van der Waals surface area contributed by atoms with Crippen LogP contribution in [0.15, 0.2) is 54.1 Å². The first-order valence-electron chi connectivity index (χ1n) is 7.68. The number of methoxy groups -OCH3 is 1. The summed E-state index contributed by atoms with van der Waals surface area (Å²) in [7, 11) is 1.13. The Labute approximate surface area is 157 Å². The second-order valence-corrected chi connectivity index (χ2v) is 5.40. The lowest BCUT2D eigenvalue weighted by Gasteiger charge is -2.10. The fourth-order valence-electron chi connectivity index (χ4n) is 2.26. The minimum atomic E-state index is -4.53. The molecule has 0 unspecified atom stereocenters. The monoisotopic (exact) mass is 390 g/mol. The fraction of sp³-hybridized carbons (Fsp3) is 0.105. The molecule has 2 aromatic rings. The molecule has 0 saturated carbocycles. The van der Waals surface area contributed by atoms with Gasteiger partial charge in [0.2, 0.25) is 0 Å². The largest absolute Gasteiger partial charge is 0.506 e. The number of rotatable bonds is 4. The van der Waals surface area contributed by atoms with Crippen molar-refractivity contribution in [3.05, 3.63) is 70.8 Å². The highest BCUT2D eigenvalue weighted by molar-refractivity contribution is 6.11. The Morgan fingerprint density at radius 1 is 1.07 bits per heavy atom. The van der Waals surface area contributed by atoms with E-state index in [1.54, 1.807) is 0 Å². The van der Waals surface area contributed by atoms with Crippen molar-refractivity contribution in [2.75, 3.05) is 12.4 Å². The molecule has 0 heterocycles. The van der Waals surface area contributed by atoms with Gasteiger partial charge in [-0.2, -0.15) is 18.4 Å². The molecule has 0 spiro atoms. The zero-order valence-corrected chi connectivity index (χ0v) is 14.4. The highest BCUT2D eigenvalue weighted by atomic mass is 19.4. The number of carbonyl (C=O) groups is 2. The van der Waals surface area contributed by atoms with Gasteiger partial charge in [0.25, 0.3) is 5.91 Å². The number of benzene rings is 2. The molecule has 0 bridgehead atoms. The minimum Gasteiger partial charge on any atom is -0.506 e. The number of aliphatic hydroxyl groups excluding tert-OH is 1. The van der Waals surface area contributed by atoms with Crippen molar-refractivity contribution in [3.8, 4) is 6.07 Å². The van der Waals surface area contributed by atoms with Crippen LogP contribution in [-0.4, -0.2) is 24.1 Å². The Morgan fingerprint density at radius 2 is 1.64 bits per heavy atom. The first-order chi connectivity index (χ1) is 13.2. The van der Waals surface area contributed by atoms with Gasteiger partial charge in [-0.05, 0) is 30.3 Å². The lowest BCUT2D eigenvalue weighted by atomic mass is 10.0. The van der Waals surface area contributed by atoms with E-state index >= 15 is 0 Å². The van der Waals surface area contributed by atoms with E-state index in [0.29, 0.717) is 0 Å². The maximum Gasteiger partial charge on any atom is 0.416 e. The molecule has 6 nitrogen and oxygen atoms in total. The van der Waals surface area contributed by atoms with Gasteiger partial charge in [-0.25, -0.2) is 4.79 Å². The Kier molecular flexibility index (Phi) is 6.05. The quantitative estimate of drug-likeness (QED) is 0.357. The smallest absolute Gasteiger partial charge is 0.416 e. The third-order valence-corrected chi connectivity index (χ3v) is 3.63. The number of ether oxygens (including phenoxy) is 1. The molecule has 1 amide bonds. The third-order valence-electron chi connectivity index (χ3n) is 3.63. The van der Waals surface area contributed by atoms with Crippen LogP contribution in [0.5, 0.6) is 0 Å². The summed E-state index contributed by atoms with van der Waals surface area (Å²) in [6.07, 6.45) is -4.53. The van der Waals surface area contributed by atoms with Gasteiger partial charge in [-0.15, -0.1) is 0 Å². The van der Waals surface area contributed by atoms with Gasteiger partial charge in [0.1, 0.15) is 11.8 Å². The lowest BCUT2D eigenvalue weighted by Crippen LogP contribution is -2.16. The van der Waals surface area contributed by atoms with E-state index in [2.05, 4.69) is 10.1 Å². The van der Waals surface area contributed by atoms with Crippen LogP contribution in [0, 0.1) is 11.3 Å². The molecule has 0 aliphatic rings. The minimum absolute atomic E-state index is 0.0141. The molecule has 2 rings (SSSR count). The summed E-state index contributed by atoms with van der Waals surface area (Å²) in [5, 5.41) is 21.8. The highest BCUT2D eigenvalue weighted by Crippen LogP contribution is 2.30. The van der Waals surface area contributed by atoms with Crippen LogP contribution in [-0.2, 0) is 15.7 Å². The summed E-state index contributed by atoms with van der Waals surface area (Å²) in [5.74, 6) is -2.62. The summed E-state index contributed by atoms with van der Waals surface area (Å²) in [5.41, 5.74) is -1.82. The number of nitrogens with zero attached hydrogens (tertiary/aromatic N) is 1. The van der Waals surface area contributed by atoms with Crippen LogP contribution >= 0.6 is 0 Å². The number of alkyl halides is 3. The molecule has 0 saturated heterocycles. The van der Waals surface area contributed by atoms with E-state index in [9.17, 15) is 33.1 Å². The maximum atomic E-state index is 12.6. The predicted octanol–water partition coefficient (Wildman–Crippen LogP) is 3.92. The summed E-state index contributed by atoms with van der Waals surface area (Å²) in [6.45, 7) is 0. The van der Waals surface area contributed by atoms with Crippen LogP contribution in [0.3, 0.4) is 0 Å². The van der Waals surface area contributed by atoms with Crippen molar-refractivity contribution in [1.29, 1.82) is 5.26 Å². The number of anilines is 1. The van der Waals surface area contributed by atoms with Gasteiger partial charge in [0.15, 0.2) is 5.57 Å². The zero-order valence-electron chi connectivity index (χ0n) is 14.4. The number of hydrogen-bond acceptors (Lipinski definition) is 5. The highest BCUT2D eigenvalue weighted by Gasteiger charge is 2.30. The first kappa shape index (κ1) is 20.5. The molecule has 0 fully saturated rings. The summed E-state index contributed by atoms with van der Waals surface area (Å²) >= 11 is 0. The molecular weight excluding hydrogens is 377 g/mol. The number of amides is 1. The number of carbonyl (C=O) groups excluding carboxylic acids is 2. The van der Waals surface area contributed by atoms with E-state index in [1.165, 1.54) is 30.3 Å². The van der Waals surface area contributed by atoms with E-state index in [1.807, 2.05) is 0 Å². The molecule has 0 radical (unpaired) electrons. The van der Waals surface area contributed by atoms with Crippen molar-refractivity contribution in [2.24, 2.45) is 0 Å². The van der Waals surface area contributed by atoms with E-state index < -0.39 is 34.9 Å². The predicted molar refractivity (Wildman–Crippen MR) is 93.0 cm³/mol. The molecule has 2 N–H and O–H groups in total. The molecule has 9 heteroatoms. The Morgan fingerprint density at radius 3 is 2.14 bits per heavy atom. The molecule has 2 aromatic carbocycles. The number of hydrogen-bond donors (Lipinski definition) is 2. The van der Waals surface area contributed by atoms with Gasteiger partial charge in [0, 0.05) is 11.3 Å². The van der Waals surface area contributed by atoms with Crippen molar-refractivity contribution in [3.63, 3.8) is 0 Å². The molecular formula is C19H13F3N2O4. The number of aliphatic hydroxyl groups is 1. The Bertz CT molecular complexity index is 974. The number of nitrogens with one attached hydrogen (secondary N) is 1. The van der Waals surface area contributed by atoms with Crippen LogP contribution in [0.4, 0.5) is 18.9 Å². The van der Waals surface area contributed by atoms with E-state index in [0.717, 1.165) is 31.4 Å². The SMILES string of the molecule is COC(=O)c1ccccc1C(O)=C(C#N)C(=O)Nc1ccc(C(F)(F)F)cc1. The van der Waals surface area contributed by atoms with Crippen LogP contribution in [0.1, 0.15) is 21.5 Å². The second kappa shape index (κ2) is 8.26. The molecule has 28 heavy (non-hydrogen) atoms. The zero-order chi connectivity index (χ0) is 20.9. The summed E-state index contributed by atoms with van der Waals surface area (Å²) in [6, 6.07) is 10.7. The number of nitriles is 1. The van der Waals surface area contributed by atoms with Gasteiger partial charge < -0.3 is 15.2 Å². The van der Waals surface area contributed by atoms with E-state index in [-0.39, 0.29) is 16.8 Å². The lowest BCUT2D eigenvalue weighted by molar-refractivity contribution is -0.137. The second-order valence-electron chi connectivity index (χ2n) is 5.40. The molecule has 0 aliphatic heterocycles. The Balaban J connectivity index is 2.36. The van der Waals surface area contributed by atoms with Crippen LogP contribution in [0.2, 0.25) is 0 Å². The van der Waals surface area contributed by atoms with Crippen molar-refractivity contribution in [2.45, 2.75) is 6.18 Å². The van der Waals surface area contributed by atoms with Gasteiger partial charge >= 0.3 is 12.1 Å². The topological polar surface area (TPSA) is 99.4 Å². The van der Waals surface area contributed by atoms with Gasteiger partial charge in [-0.1, -0.05) is 18.2 Å². The third kappa shape index (κ3) is 4.48. The fourth-order valence-corrected chi connectivity index (χ4v) is 2.26. The summed E-state index contributed by atoms with van der Waals surface area (Å²) < 4.78 is 42.3. The van der Waals surface area contributed by atoms with Crippen molar-refractivity contribution < 1.29 is 32.6 Å². The standard InChI is InChI=1S/C19H13F3N2O4/c1-28-18(27)14-5-3-2-4-13(14)16(25)15(10-23)17(26)24-12-8-6-11(7-9-12)19(20,21)22/h2-9,25H,1H3,(H,24,26). The van der Waals surface area contributed by atoms with E-state index in [4.69, 9.17) is 0 Å². The molecule has 144 valence electrons. The average Bonchev–Trinajstić information content (AvgIpc) is 2.67. The average molecular weight is 390 g/mol. The van der Waals surface area contributed by atoms with Crippen molar-refractivity contribution in [1.82, 2.24) is 0 Å². The normalized spacial score (nSPS) is 11.8. The first-order valence-corrected chi connectivity index (χ1v) is 7.68. The maximum absolute atomic E-state index is 12.6. The number of esters is 1. The summed E-state index contributed by atoms with van der Waals surface area (Å²) in [4.78, 5) is 24.1. The van der Waals surface area contributed by atoms with Crippen molar-refractivity contribution >= 4 is 23.3 Å². The van der Waals surface area contributed by atoms with Gasteiger partial charge in [0.05, 0.1) is 18.2 Å². The van der Waals surface area contributed by atoms with Crippen LogP contribution < -0.4 is 5.32 Å². The van der Waals surface area contributed by atoms with Crippen LogP contribution in [0.25, 0.3) is 5.76 Å². The number of halogens is 3. The van der Waals surface area contributed by atoms with Gasteiger partial charge in [-0.3, -0.25) is 4.79 Å². The molecule has 0 atom stereocenters.